The van der Waals surface area contributed by atoms with Gasteiger partial charge < -0.3 is 10.0 Å². The first-order valence-corrected chi connectivity index (χ1v) is 8.54. The van der Waals surface area contributed by atoms with E-state index in [1.807, 2.05) is 0 Å². The molecule has 112 valence electrons. The highest BCUT2D eigenvalue weighted by atomic mass is 32.1. The number of aromatic nitrogens is 1. The number of nitrogens with zero attached hydrogens (tertiary/aromatic N) is 2. The highest BCUT2D eigenvalue weighted by molar-refractivity contribution is 7.09. The van der Waals surface area contributed by atoms with Gasteiger partial charge >= 0.3 is 0 Å². The van der Waals surface area contributed by atoms with Crippen LogP contribution in [0.2, 0.25) is 0 Å². The molecular weight excluding hydrogens is 280 g/mol. The number of aliphatic hydroxyl groups is 1. The predicted octanol–water partition coefficient (Wildman–Crippen LogP) is 3.06. The standard InChI is InChI=1S/C17H22N2OS/c20-12-17-18-16(13-21-17)15-7-10-19(11-8-15)9-6-14-4-2-1-3-5-14/h1-5,13,15,20H,6-12H2. The molecule has 0 radical (unpaired) electrons. The number of benzene rings is 1. The lowest BCUT2D eigenvalue weighted by Gasteiger charge is -2.31. The quantitative estimate of drug-likeness (QED) is 0.922. The predicted molar refractivity (Wildman–Crippen MR) is 86.6 cm³/mol. The Bertz CT molecular complexity index is 547. The number of rotatable bonds is 5. The fourth-order valence-electron chi connectivity index (χ4n) is 2.97. The Morgan fingerprint density at radius 3 is 2.62 bits per heavy atom. The third kappa shape index (κ3) is 3.90. The Morgan fingerprint density at radius 1 is 1.19 bits per heavy atom. The van der Waals surface area contributed by atoms with Crippen LogP contribution in [0.1, 0.15) is 35.0 Å². The van der Waals surface area contributed by atoms with Gasteiger partial charge in [-0.3, -0.25) is 0 Å². The summed E-state index contributed by atoms with van der Waals surface area (Å²) in [6, 6.07) is 10.7. The second kappa shape index (κ2) is 7.16. The molecule has 1 N–H and O–H groups in total. The lowest BCUT2D eigenvalue weighted by molar-refractivity contribution is 0.213. The second-order valence-corrected chi connectivity index (χ2v) is 6.62. The van der Waals surface area contributed by atoms with E-state index in [1.54, 1.807) is 11.3 Å². The van der Waals surface area contributed by atoms with Crippen molar-refractivity contribution >= 4 is 11.3 Å². The second-order valence-electron chi connectivity index (χ2n) is 5.68. The van der Waals surface area contributed by atoms with E-state index in [1.165, 1.54) is 24.1 Å². The maximum Gasteiger partial charge on any atom is 0.118 e. The first-order chi connectivity index (χ1) is 10.3. The average molecular weight is 302 g/mol. The van der Waals surface area contributed by atoms with Crippen molar-refractivity contribution in [2.45, 2.75) is 31.8 Å². The van der Waals surface area contributed by atoms with Crippen molar-refractivity contribution in [3.8, 4) is 0 Å². The van der Waals surface area contributed by atoms with Crippen LogP contribution in [-0.4, -0.2) is 34.6 Å². The highest BCUT2D eigenvalue weighted by Crippen LogP contribution is 2.29. The van der Waals surface area contributed by atoms with E-state index in [4.69, 9.17) is 5.11 Å². The summed E-state index contributed by atoms with van der Waals surface area (Å²) in [5.74, 6) is 0.578. The van der Waals surface area contributed by atoms with Crippen LogP contribution < -0.4 is 0 Å². The topological polar surface area (TPSA) is 36.4 Å². The Morgan fingerprint density at radius 2 is 1.95 bits per heavy atom. The summed E-state index contributed by atoms with van der Waals surface area (Å²) in [4.78, 5) is 7.08. The molecule has 1 aromatic heterocycles. The minimum atomic E-state index is 0.0700. The molecule has 21 heavy (non-hydrogen) atoms. The summed E-state index contributed by atoms with van der Waals surface area (Å²) < 4.78 is 0. The Hall–Kier alpha value is -1.23. The summed E-state index contributed by atoms with van der Waals surface area (Å²) in [5, 5.41) is 12.1. The van der Waals surface area contributed by atoms with Gasteiger partial charge in [0.15, 0.2) is 0 Å². The van der Waals surface area contributed by atoms with E-state index in [2.05, 4.69) is 45.6 Å². The molecule has 4 heteroatoms. The molecule has 3 rings (SSSR count). The van der Waals surface area contributed by atoms with Gasteiger partial charge in [-0.1, -0.05) is 30.3 Å². The van der Waals surface area contributed by atoms with Crippen LogP contribution in [0.4, 0.5) is 0 Å². The van der Waals surface area contributed by atoms with Crippen LogP contribution in [-0.2, 0) is 13.0 Å². The smallest absolute Gasteiger partial charge is 0.118 e. The maximum atomic E-state index is 9.11. The monoisotopic (exact) mass is 302 g/mol. The van der Waals surface area contributed by atoms with E-state index in [9.17, 15) is 0 Å². The SMILES string of the molecule is OCc1nc(C2CCN(CCc3ccccc3)CC2)cs1. The molecule has 1 fully saturated rings. The van der Waals surface area contributed by atoms with Gasteiger partial charge in [0.1, 0.15) is 5.01 Å². The minimum absolute atomic E-state index is 0.0700. The number of aliphatic hydroxyl groups excluding tert-OH is 1. The molecule has 2 heterocycles. The van der Waals surface area contributed by atoms with E-state index >= 15 is 0 Å². The zero-order chi connectivity index (χ0) is 14.5. The number of hydrogen-bond donors (Lipinski definition) is 1. The lowest BCUT2D eigenvalue weighted by Crippen LogP contribution is -2.34. The van der Waals surface area contributed by atoms with E-state index in [-0.39, 0.29) is 6.61 Å². The fraction of sp³-hybridized carbons (Fsp3) is 0.471. The van der Waals surface area contributed by atoms with Crippen molar-refractivity contribution in [1.82, 2.24) is 9.88 Å². The maximum absolute atomic E-state index is 9.11. The van der Waals surface area contributed by atoms with Gasteiger partial charge in [0.05, 0.1) is 12.3 Å². The van der Waals surface area contributed by atoms with Crippen molar-refractivity contribution in [2.24, 2.45) is 0 Å². The van der Waals surface area contributed by atoms with Crippen LogP contribution in [0.5, 0.6) is 0 Å². The molecule has 1 aliphatic rings. The fourth-order valence-corrected chi connectivity index (χ4v) is 3.70. The molecule has 1 aliphatic heterocycles. The van der Waals surface area contributed by atoms with Crippen LogP contribution in [0.3, 0.4) is 0 Å². The van der Waals surface area contributed by atoms with Gasteiger partial charge in [0.2, 0.25) is 0 Å². The first kappa shape index (κ1) is 14.7. The average Bonchev–Trinajstić information content (AvgIpc) is 3.03. The molecule has 0 amide bonds. The van der Waals surface area contributed by atoms with Crippen LogP contribution in [0, 0.1) is 0 Å². The number of likely N-dealkylation sites (tertiary alicyclic amines) is 1. The minimum Gasteiger partial charge on any atom is -0.389 e. The zero-order valence-corrected chi connectivity index (χ0v) is 13.1. The van der Waals surface area contributed by atoms with Gasteiger partial charge in [-0.05, 0) is 37.9 Å². The van der Waals surface area contributed by atoms with Crippen molar-refractivity contribution in [3.05, 3.63) is 52.0 Å². The Balaban J connectivity index is 1.46. The number of thiazole rings is 1. The van der Waals surface area contributed by atoms with Gasteiger partial charge in [-0.2, -0.15) is 0 Å². The van der Waals surface area contributed by atoms with Crippen molar-refractivity contribution in [2.75, 3.05) is 19.6 Å². The molecule has 0 atom stereocenters. The first-order valence-electron chi connectivity index (χ1n) is 7.66. The summed E-state index contributed by atoms with van der Waals surface area (Å²) in [7, 11) is 0. The van der Waals surface area contributed by atoms with Crippen LogP contribution in [0.15, 0.2) is 35.7 Å². The van der Waals surface area contributed by atoms with E-state index in [0.717, 1.165) is 31.1 Å². The molecule has 1 aromatic carbocycles. The molecular formula is C17H22N2OS. The van der Waals surface area contributed by atoms with Gasteiger partial charge in [-0.25, -0.2) is 4.98 Å². The zero-order valence-electron chi connectivity index (χ0n) is 12.2. The Labute approximate surface area is 130 Å². The number of hydrogen-bond acceptors (Lipinski definition) is 4. The van der Waals surface area contributed by atoms with Gasteiger partial charge in [-0.15, -0.1) is 11.3 Å². The molecule has 0 unspecified atom stereocenters. The summed E-state index contributed by atoms with van der Waals surface area (Å²) >= 11 is 1.58. The van der Waals surface area contributed by atoms with Crippen molar-refractivity contribution in [1.29, 1.82) is 0 Å². The molecule has 0 saturated carbocycles. The van der Waals surface area contributed by atoms with Crippen molar-refractivity contribution < 1.29 is 5.11 Å². The molecule has 2 aromatic rings. The Kier molecular flexibility index (Phi) is 5.01. The van der Waals surface area contributed by atoms with Crippen molar-refractivity contribution in [3.63, 3.8) is 0 Å². The third-order valence-corrected chi connectivity index (χ3v) is 5.12. The summed E-state index contributed by atoms with van der Waals surface area (Å²) in [6.07, 6.45) is 3.50. The van der Waals surface area contributed by atoms with Gasteiger partial charge in [0, 0.05) is 17.8 Å². The molecule has 0 spiro atoms. The van der Waals surface area contributed by atoms with Crippen LogP contribution in [0.25, 0.3) is 0 Å². The van der Waals surface area contributed by atoms with E-state index < -0.39 is 0 Å². The molecule has 3 nitrogen and oxygen atoms in total. The summed E-state index contributed by atoms with van der Waals surface area (Å²) in [5.41, 5.74) is 2.61. The highest BCUT2D eigenvalue weighted by Gasteiger charge is 2.22. The third-order valence-electron chi connectivity index (χ3n) is 4.27. The van der Waals surface area contributed by atoms with Gasteiger partial charge in [0.25, 0.3) is 0 Å². The van der Waals surface area contributed by atoms with Crippen LogP contribution >= 0.6 is 11.3 Å². The normalized spacial score (nSPS) is 17.2. The van der Waals surface area contributed by atoms with E-state index in [0.29, 0.717) is 5.92 Å². The molecule has 1 saturated heterocycles. The largest absolute Gasteiger partial charge is 0.389 e. The summed E-state index contributed by atoms with van der Waals surface area (Å²) in [6.45, 7) is 3.53. The lowest BCUT2D eigenvalue weighted by atomic mass is 9.94. The number of piperidine rings is 1. The molecule has 0 bridgehead atoms. The molecule has 0 aliphatic carbocycles.